The van der Waals surface area contributed by atoms with Gasteiger partial charge in [-0.15, -0.1) is 0 Å². The molecule has 0 bridgehead atoms. The highest BCUT2D eigenvalue weighted by Crippen LogP contribution is 2.27. The van der Waals surface area contributed by atoms with E-state index in [9.17, 15) is 0 Å². The monoisotopic (exact) mass is 218 g/mol. The highest BCUT2D eigenvalue weighted by Gasteiger charge is 2.34. The van der Waals surface area contributed by atoms with Gasteiger partial charge < -0.3 is 10.2 Å². The third kappa shape index (κ3) is 1.78. The summed E-state index contributed by atoms with van der Waals surface area (Å²) in [5, 5.41) is 3.60. The van der Waals surface area contributed by atoms with Gasteiger partial charge in [0, 0.05) is 31.0 Å². The highest BCUT2D eigenvalue weighted by molar-refractivity contribution is 5.33. The van der Waals surface area contributed by atoms with E-state index in [0.29, 0.717) is 12.1 Å². The second-order valence-electron chi connectivity index (χ2n) is 4.65. The molecule has 4 heteroatoms. The molecule has 4 nitrogen and oxygen atoms in total. The van der Waals surface area contributed by atoms with Gasteiger partial charge in [0.1, 0.15) is 0 Å². The molecule has 2 unspecified atom stereocenters. The van der Waals surface area contributed by atoms with Crippen LogP contribution < -0.4 is 10.2 Å². The molecule has 0 amide bonds. The van der Waals surface area contributed by atoms with E-state index in [0.717, 1.165) is 12.5 Å². The van der Waals surface area contributed by atoms with Gasteiger partial charge in [-0.25, -0.2) is 9.97 Å². The van der Waals surface area contributed by atoms with Gasteiger partial charge in [-0.1, -0.05) is 0 Å². The average Bonchev–Trinajstić information content (AvgIpc) is 3.01. The Bertz CT molecular complexity index is 334. The van der Waals surface area contributed by atoms with Crippen LogP contribution in [0.25, 0.3) is 0 Å². The van der Waals surface area contributed by atoms with Crippen molar-refractivity contribution >= 4 is 5.95 Å². The van der Waals surface area contributed by atoms with Gasteiger partial charge in [0.25, 0.3) is 0 Å². The summed E-state index contributed by atoms with van der Waals surface area (Å²) < 4.78 is 0. The minimum absolute atomic E-state index is 0.602. The quantitative estimate of drug-likeness (QED) is 0.809. The van der Waals surface area contributed by atoms with Crippen LogP contribution in [0.2, 0.25) is 0 Å². The Labute approximate surface area is 96.1 Å². The average molecular weight is 218 g/mol. The van der Waals surface area contributed by atoms with Crippen molar-refractivity contribution in [2.45, 2.75) is 37.8 Å². The number of nitrogens with one attached hydrogen (secondary N) is 1. The zero-order valence-electron chi connectivity index (χ0n) is 9.47. The summed E-state index contributed by atoms with van der Waals surface area (Å²) in [5.41, 5.74) is 0. The number of rotatable bonds is 2. The maximum atomic E-state index is 4.37. The Kier molecular flexibility index (Phi) is 2.74. The van der Waals surface area contributed by atoms with Crippen molar-refractivity contribution in [2.24, 2.45) is 0 Å². The van der Waals surface area contributed by atoms with Gasteiger partial charge >= 0.3 is 0 Å². The maximum Gasteiger partial charge on any atom is 0.225 e. The SMILES string of the molecule is c1cnc(N2CCCC2C2CCCN2)nc1. The summed E-state index contributed by atoms with van der Waals surface area (Å²) in [4.78, 5) is 11.1. The summed E-state index contributed by atoms with van der Waals surface area (Å²) in [6.45, 7) is 2.28. The van der Waals surface area contributed by atoms with Gasteiger partial charge in [0.05, 0.1) is 0 Å². The largest absolute Gasteiger partial charge is 0.336 e. The fourth-order valence-corrected chi connectivity index (χ4v) is 2.94. The van der Waals surface area contributed by atoms with E-state index in [1.54, 1.807) is 0 Å². The number of aromatic nitrogens is 2. The highest BCUT2D eigenvalue weighted by atomic mass is 15.3. The normalized spacial score (nSPS) is 29.9. The first-order valence-electron chi connectivity index (χ1n) is 6.22. The van der Waals surface area contributed by atoms with Gasteiger partial charge in [-0.05, 0) is 38.3 Å². The summed E-state index contributed by atoms with van der Waals surface area (Å²) in [5.74, 6) is 0.902. The van der Waals surface area contributed by atoms with Gasteiger partial charge in [-0.2, -0.15) is 0 Å². The number of anilines is 1. The van der Waals surface area contributed by atoms with E-state index in [-0.39, 0.29) is 0 Å². The molecule has 0 saturated carbocycles. The molecule has 1 N–H and O–H groups in total. The third-order valence-corrected chi connectivity index (χ3v) is 3.67. The Hall–Kier alpha value is -1.16. The molecule has 86 valence electrons. The number of nitrogens with zero attached hydrogens (tertiary/aromatic N) is 3. The van der Waals surface area contributed by atoms with Crippen LogP contribution >= 0.6 is 0 Å². The zero-order chi connectivity index (χ0) is 10.8. The Morgan fingerprint density at radius 1 is 1.19 bits per heavy atom. The fraction of sp³-hybridized carbons (Fsp3) is 0.667. The first kappa shape index (κ1) is 10.0. The van der Waals surface area contributed by atoms with Crippen LogP contribution in [0.4, 0.5) is 5.95 Å². The fourth-order valence-electron chi connectivity index (χ4n) is 2.94. The number of hydrogen-bond donors (Lipinski definition) is 1. The van der Waals surface area contributed by atoms with Crippen molar-refractivity contribution in [3.8, 4) is 0 Å². The van der Waals surface area contributed by atoms with Crippen LogP contribution in [-0.4, -0.2) is 35.1 Å². The van der Waals surface area contributed by atoms with Crippen LogP contribution in [-0.2, 0) is 0 Å². The topological polar surface area (TPSA) is 41.1 Å². The first-order valence-corrected chi connectivity index (χ1v) is 6.22. The Morgan fingerprint density at radius 2 is 2.06 bits per heavy atom. The lowest BCUT2D eigenvalue weighted by Gasteiger charge is -2.29. The van der Waals surface area contributed by atoms with E-state index in [4.69, 9.17) is 0 Å². The molecular weight excluding hydrogens is 200 g/mol. The van der Waals surface area contributed by atoms with Crippen molar-refractivity contribution in [3.05, 3.63) is 18.5 Å². The van der Waals surface area contributed by atoms with Crippen molar-refractivity contribution in [1.82, 2.24) is 15.3 Å². The molecule has 0 spiro atoms. The minimum atomic E-state index is 0.602. The van der Waals surface area contributed by atoms with Crippen LogP contribution in [0.15, 0.2) is 18.5 Å². The summed E-state index contributed by atoms with van der Waals surface area (Å²) >= 11 is 0. The molecule has 2 aliphatic rings. The molecule has 0 radical (unpaired) electrons. The van der Waals surface area contributed by atoms with Gasteiger partial charge in [0.2, 0.25) is 5.95 Å². The van der Waals surface area contributed by atoms with E-state index in [2.05, 4.69) is 20.2 Å². The molecule has 3 heterocycles. The van der Waals surface area contributed by atoms with E-state index in [1.165, 1.54) is 32.2 Å². The second-order valence-corrected chi connectivity index (χ2v) is 4.65. The Balaban J connectivity index is 1.78. The third-order valence-electron chi connectivity index (χ3n) is 3.67. The zero-order valence-corrected chi connectivity index (χ0v) is 9.47. The molecule has 1 aromatic rings. The van der Waals surface area contributed by atoms with Crippen molar-refractivity contribution in [3.63, 3.8) is 0 Å². The molecule has 1 aromatic heterocycles. The predicted octanol–water partition coefficient (Wildman–Crippen LogP) is 1.20. The summed E-state index contributed by atoms with van der Waals surface area (Å²) in [7, 11) is 0. The first-order chi connectivity index (χ1) is 7.95. The van der Waals surface area contributed by atoms with Crippen LogP contribution in [0, 0.1) is 0 Å². The summed E-state index contributed by atoms with van der Waals surface area (Å²) in [6.07, 6.45) is 8.81. The van der Waals surface area contributed by atoms with Crippen LogP contribution in [0.5, 0.6) is 0 Å². The summed E-state index contributed by atoms with van der Waals surface area (Å²) in [6, 6.07) is 3.12. The van der Waals surface area contributed by atoms with E-state index < -0.39 is 0 Å². The molecule has 16 heavy (non-hydrogen) atoms. The van der Waals surface area contributed by atoms with E-state index in [1.807, 2.05) is 18.5 Å². The van der Waals surface area contributed by atoms with Gasteiger partial charge in [0.15, 0.2) is 0 Å². The molecule has 2 atom stereocenters. The number of hydrogen-bond acceptors (Lipinski definition) is 4. The van der Waals surface area contributed by atoms with Crippen molar-refractivity contribution < 1.29 is 0 Å². The van der Waals surface area contributed by atoms with Crippen LogP contribution in [0.3, 0.4) is 0 Å². The lowest BCUT2D eigenvalue weighted by atomic mass is 10.0. The molecular formula is C12H18N4. The van der Waals surface area contributed by atoms with Crippen molar-refractivity contribution in [2.75, 3.05) is 18.0 Å². The second kappa shape index (κ2) is 4.37. The van der Waals surface area contributed by atoms with Crippen LogP contribution in [0.1, 0.15) is 25.7 Å². The molecule has 2 saturated heterocycles. The maximum absolute atomic E-state index is 4.37. The predicted molar refractivity (Wildman–Crippen MR) is 63.4 cm³/mol. The lowest BCUT2D eigenvalue weighted by molar-refractivity contribution is 0.478. The smallest absolute Gasteiger partial charge is 0.225 e. The standard InChI is InChI=1S/C12H18N4/c1-4-10(13-6-1)11-5-2-9-16(11)12-14-7-3-8-15-12/h3,7-8,10-11,13H,1-2,4-6,9H2. The molecule has 2 aliphatic heterocycles. The van der Waals surface area contributed by atoms with Crippen molar-refractivity contribution in [1.29, 1.82) is 0 Å². The minimum Gasteiger partial charge on any atom is -0.336 e. The molecule has 0 aromatic carbocycles. The van der Waals surface area contributed by atoms with E-state index >= 15 is 0 Å². The van der Waals surface area contributed by atoms with Gasteiger partial charge in [-0.3, -0.25) is 0 Å². The lowest BCUT2D eigenvalue weighted by Crippen LogP contribution is -2.44. The Morgan fingerprint density at radius 3 is 2.81 bits per heavy atom. The molecule has 0 aliphatic carbocycles. The molecule has 3 rings (SSSR count). The molecule has 2 fully saturated rings.